The summed E-state index contributed by atoms with van der Waals surface area (Å²) >= 11 is 0. The third-order valence-corrected chi connectivity index (χ3v) is 2.27. The zero-order valence-electron chi connectivity index (χ0n) is 9.62. The van der Waals surface area contributed by atoms with E-state index in [1.54, 1.807) is 0 Å². The number of aliphatic carboxylic acids is 1. The van der Waals surface area contributed by atoms with Gasteiger partial charge in [-0.1, -0.05) is 0 Å². The minimum atomic E-state index is -1.38. The van der Waals surface area contributed by atoms with Gasteiger partial charge in [-0.2, -0.15) is 0 Å². The van der Waals surface area contributed by atoms with E-state index >= 15 is 0 Å². The van der Waals surface area contributed by atoms with Crippen LogP contribution in [0.5, 0.6) is 0 Å². The fraction of sp³-hybridized carbons (Fsp3) is 0.273. The number of hydrogen-bond donors (Lipinski definition) is 3. The Bertz CT molecular complexity index is 508. The first-order valence-electron chi connectivity index (χ1n) is 5.24. The van der Waals surface area contributed by atoms with Crippen LogP contribution in [0.25, 0.3) is 0 Å². The third kappa shape index (κ3) is 4.25. The molecule has 1 amide bonds. The summed E-state index contributed by atoms with van der Waals surface area (Å²) in [6.07, 6.45) is -0.499. The lowest BCUT2D eigenvalue weighted by Gasteiger charge is -2.12. The van der Waals surface area contributed by atoms with Crippen molar-refractivity contribution in [3.05, 3.63) is 29.6 Å². The highest BCUT2D eigenvalue weighted by molar-refractivity contribution is 5.95. The largest absolute Gasteiger partial charge is 0.481 e. The molecule has 0 saturated heterocycles. The lowest BCUT2D eigenvalue weighted by Crippen LogP contribution is -2.36. The standard InChI is InChI=1S/C11H11F3N2O3/c12-5-3-7(14)9(4-6(5)13)16-11(19)8(15)1-2-10(17)18/h3-4,8H,1-2,15H2,(H,16,19)(H,17,18). The second-order valence-electron chi connectivity index (χ2n) is 3.77. The van der Waals surface area contributed by atoms with E-state index in [4.69, 9.17) is 10.8 Å². The van der Waals surface area contributed by atoms with Crippen molar-refractivity contribution in [2.45, 2.75) is 18.9 Å². The Morgan fingerprint density at radius 2 is 1.79 bits per heavy atom. The van der Waals surface area contributed by atoms with Crippen LogP contribution in [0, 0.1) is 17.5 Å². The normalized spacial score (nSPS) is 12.0. The molecule has 0 aliphatic heterocycles. The van der Waals surface area contributed by atoms with E-state index in [9.17, 15) is 22.8 Å². The van der Waals surface area contributed by atoms with Crippen LogP contribution in [0.4, 0.5) is 18.9 Å². The van der Waals surface area contributed by atoms with Gasteiger partial charge in [-0.25, -0.2) is 13.2 Å². The molecule has 8 heteroatoms. The molecule has 1 rings (SSSR count). The number of carbonyl (C=O) groups excluding carboxylic acids is 1. The molecule has 0 radical (unpaired) electrons. The number of rotatable bonds is 5. The molecule has 0 heterocycles. The molecule has 104 valence electrons. The van der Waals surface area contributed by atoms with E-state index < -0.39 is 41.1 Å². The SMILES string of the molecule is NC(CCC(=O)O)C(=O)Nc1cc(F)c(F)cc1F. The van der Waals surface area contributed by atoms with Gasteiger partial charge in [0.1, 0.15) is 5.82 Å². The molecule has 0 aliphatic carbocycles. The number of nitrogens with one attached hydrogen (secondary N) is 1. The Kier molecular flexibility index (Phi) is 4.87. The topological polar surface area (TPSA) is 92.4 Å². The Morgan fingerprint density at radius 1 is 1.21 bits per heavy atom. The van der Waals surface area contributed by atoms with Gasteiger partial charge in [-0.15, -0.1) is 0 Å². The van der Waals surface area contributed by atoms with Crippen molar-refractivity contribution in [3.8, 4) is 0 Å². The van der Waals surface area contributed by atoms with Gasteiger partial charge in [-0.05, 0) is 6.42 Å². The molecule has 1 aromatic carbocycles. The van der Waals surface area contributed by atoms with E-state index in [-0.39, 0.29) is 18.9 Å². The quantitative estimate of drug-likeness (QED) is 0.705. The van der Waals surface area contributed by atoms with Gasteiger partial charge in [-0.3, -0.25) is 9.59 Å². The van der Waals surface area contributed by atoms with Gasteiger partial charge < -0.3 is 16.2 Å². The lowest BCUT2D eigenvalue weighted by atomic mass is 10.1. The Morgan fingerprint density at radius 3 is 2.37 bits per heavy atom. The molecule has 0 fully saturated rings. The maximum atomic E-state index is 13.2. The van der Waals surface area contributed by atoms with Gasteiger partial charge in [0.2, 0.25) is 5.91 Å². The van der Waals surface area contributed by atoms with E-state index in [1.165, 1.54) is 0 Å². The van der Waals surface area contributed by atoms with Gasteiger partial charge in [0.25, 0.3) is 0 Å². The second-order valence-corrected chi connectivity index (χ2v) is 3.77. The molecule has 1 atom stereocenters. The molecule has 0 aliphatic rings. The van der Waals surface area contributed by atoms with Crippen LogP contribution >= 0.6 is 0 Å². The van der Waals surface area contributed by atoms with Gasteiger partial charge in [0.05, 0.1) is 11.7 Å². The third-order valence-electron chi connectivity index (χ3n) is 2.27. The van der Waals surface area contributed by atoms with E-state index in [0.29, 0.717) is 6.07 Å². The number of amides is 1. The van der Waals surface area contributed by atoms with Crippen LogP contribution in [0.3, 0.4) is 0 Å². The average Bonchev–Trinajstić information content (AvgIpc) is 2.32. The van der Waals surface area contributed by atoms with Gasteiger partial charge in [0.15, 0.2) is 11.6 Å². The first kappa shape index (κ1) is 15.0. The van der Waals surface area contributed by atoms with Crippen molar-refractivity contribution in [2.24, 2.45) is 5.73 Å². The van der Waals surface area contributed by atoms with Crippen LogP contribution in [-0.2, 0) is 9.59 Å². The van der Waals surface area contributed by atoms with Crippen LogP contribution in [0.2, 0.25) is 0 Å². The molecule has 0 aromatic heterocycles. The zero-order chi connectivity index (χ0) is 14.6. The average molecular weight is 276 g/mol. The maximum Gasteiger partial charge on any atom is 0.303 e. The predicted octanol–water partition coefficient (Wildman–Crippen LogP) is 1.23. The minimum Gasteiger partial charge on any atom is -0.481 e. The van der Waals surface area contributed by atoms with Crippen molar-refractivity contribution in [1.82, 2.24) is 0 Å². The van der Waals surface area contributed by atoms with Crippen molar-refractivity contribution < 1.29 is 27.9 Å². The van der Waals surface area contributed by atoms with Gasteiger partial charge >= 0.3 is 5.97 Å². The highest BCUT2D eigenvalue weighted by atomic mass is 19.2. The molecule has 4 N–H and O–H groups in total. The number of carbonyl (C=O) groups is 2. The van der Waals surface area contributed by atoms with Crippen molar-refractivity contribution >= 4 is 17.6 Å². The predicted molar refractivity (Wildman–Crippen MR) is 59.8 cm³/mol. The molecule has 0 bridgehead atoms. The van der Waals surface area contributed by atoms with E-state index in [2.05, 4.69) is 0 Å². The molecule has 1 aromatic rings. The Hall–Kier alpha value is -2.09. The van der Waals surface area contributed by atoms with Crippen LogP contribution < -0.4 is 11.1 Å². The van der Waals surface area contributed by atoms with E-state index in [0.717, 1.165) is 0 Å². The molecule has 1 unspecified atom stereocenters. The summed E-state index contributed by atoms with van der Waals surface area (Å²) < 4.78 is 38.7. The number of carboxylic acids is 1. The minimum absolute atomic E-state index is 0.160. The Labute approximate surface area is 106 Å². The Balaban J connectivity index is 2.71. The number of halogens is 3. The van der Waals surface area contributed by atoms with Crippen LogP contribution in [0.15, 0.2) is 12.1 Å². The highest BCUT2D eigenvalue weighted by Gasteiger charge is 2.18. The number of carboxylic acid groups (broad SMARTS) is 1. The monoisotopic (exact) mass is 276 g/mol. The first-order valence-corrected chi connectivity index (χ1v) is 5.24. The van der Waals surface area contributed by atoms with E-state index in [1.807, 2.05) is 5.32 Å². The number of hydrogen-bond acceptors (Lipinski definition) is 3. The number of nitrogens with two attached hydrogens (primary N) is 1. The summed E-state index contributed by atoms with van der Waals surface area (Å²) in [7, 11) is 0. The van der Waals surface area contributed by atoms with Gasteiger partial charge in [0, 0.05) is 18.6 Å². The fourth-order valence-electron chi connectivity index (χ4n) is 1.25. The smallest absolute Gasteiger partial charge is 0.303 e. The molecule has 5 nitrogen and oxygen atoms in total. The molecule has 0 saturated carbocycles. The van der Waals surface area contributed by atoms with Crippen molar-refractivity contribution in [3.63, 3.8) is 0 Å². The first-order chi connectivity index (χ1) is 8.81. The summed E-state index contributed by atoms with van der Waals surface area (Å²) in [5, 5.41) is 10.4. The number of anilines is 1. The summed E-state index contributed by atoms with van der Waals surface area (Å²) in [6, 6.07) is -0.427. The molecule has 0 spiro atoms. The molecule has 19 heavy (non-hydrogen) atoms. The second kappa shape index (κ2) is 6.19. The zero-order valence-corrected chi connectivity index (χ0v) is 9.62. The van der Waals surface area contributed by atoms with Crippen molar-refractivity contribution in [1.29, 1.82) is 0 Å². The lowest BCUT2D eigenvalue weighted by molar-refractivity contribution is -0.137. The van der Waals surface area contributed by atoms with Crippen LogP contribution in [0.1, 0.15) is 12.8 Å². The van der Waals surface area contributed by atoms with Crippen LogP contribution in [-0.4, -0.2) is 23.0 Å². The number of benzene rings is 1. The maximum absolute atomic E-state index is 13.2. The summed E-state index contributed by atoms with van der Waals surface area (Å²) in [5.74, 6) is -5.88. The molecular weight excluding hydrogens is 265 g/mol. The summed E-state index contributed by atoms with van der Waals surface area (Å²) in [4.78, 5) is 21.7. The fourth-order valence-corrected chi connectivity index (χ4v) is 1.25. The van der Waals surface area contributed by atoms with Crippen molar-refractivity contribution in [2.75, 3.05) is 5.32 Å². The summed E-state index contributed by atoms with van der Waals surface area (Å²) in [6.45, 7) is 0. The highest BCUT2D eigenvalue weighted by Crippen LogP contribution is 2.18. The molecular formula is C11H11F3N2O3. The summed E-state index contributed by atoms with van der Waals surface area (Å²) in [5.41, 5.74) is 4.81.